The van der Waals surface area contributed by atoms with Crippen molar-refractivity contribution in [2.75, 3.05) is 19.4 Å². The van der Waals surface area contributed by atoms with Gasteiger partial charge in [-0.2, -0.15) is 5.26 Å². The number of aromatic nitrogens is 1. The van der Waals surface area contributed by atoms with Crippen LogP contribution in [0.15, 0.2) is 24.4 Å². The Hall–Kier alpha value is -3.27. The van der Waals surface area contributed by atoms with Gasteiger partial charge in [0.15, 0.2) is 5.69 Å². The van der Waals surface area contributed by atoms with Crippen molar-refractivity contribution in [2.24, 2.45) is 0 Å². The van der Waals surface area contributed by atoms with Crippen LogP contribution in [-0.4, -0.2) is 30.1 Å². The molecule has 0 atom stereocenters. The minimum Gasteiger partial charge on any atom is -0.464 e. The second-order valence-electron chi connectivity index (χ2n) is 5.14. The Bertz CT molecular complexity index is 846. The molecule has 0 spiro atoms. The molecule has 0 aliphatic carbocycles. The Kier molecular flexibility index (Phi) is 4.90. The summed E-state index contributed by atoms with van der Waals surface area (Å²) in [5.74, 6) is -0.814. The zero-order chi connectivity index (χ0) is 17.9. The standard InChI is InChI=1S/C17H18N4O3/c1-4-20-16(22)11-5-6-13(10(2)7-11)21-9-12(8-18)14(19)15(21)17(23)24-3/h5-7,9H,4,19H2,1-3H3,(H,20,22). The van der Waals surface area contributed by atoms with E-state index in [2.05, 4.69) is 5.32 Å². The number of hydrogen-bond donors (Lipinski definition) is 2. The summed E-state index contributed by atoms with van der Waals surface area (Å²) in [6, 6.07) is 7.02. The van der Waals surface area contributed by atoms with E-state index in [1.165, 1.54) is 17.9 Å². The van der Waals surface area contributed by atoms with Crippen LogP contribution in [0.5, 0.6) is 0 Å². The first-order valence-corrected chi connectivity index (χ1v) is 7.33. The van der Waals surface area contributed by atoms with Crippen molar-refractivity contribution in [3.63, 3.8) is 0 Å². The van der Waals surface area contributed by atoms with Crippen LogP contribution in [0.4, 0.5) is 5.69 Å². The Morgan fingerprint density at radius 3 is 2.67 bits per heavy atom. The summed E-state index contributed by atoms with van der Waals surface area (Å²) in [5, 5.41) is 11.9. The number of methoxy groups -OCH3 is 1. The molecule has 0 saturated carbocycles. The van der Waals surface area contributed by atoms with Gasteiger partial charge in [-0.15, -0.1) is 0 Å². The summed E-state index contributed by atoms with van der Waals surface area (Å²) in [6.45, 7) is 4.18. The van der Waals surface area contributed by atoms with Gasteiger partial charge in [0.1, 0.15) is 6.07 Å². The Morgan fingerprint density at radius 1 is 1.42 bits per heavy atom. The van der Waals surface area contributed by atoms with Gasteiger partial charge < -0.3 is 20.4 Å². The lowest BCUT2D eigenvalue weighted by molar-refractivity contribution is 0.0592. The van der Waals surface area contributed by atoms with Crippen LogP contribution < -0.4 is 11.1 Å². The number of esters is 1. The first-order valence-electron chi connectivity index (χ1n) is 7.33. The average molecular weight is 326 g/mol. The molecule has 1 amide bonds. The van der Waals surface area contributed by atoms with E-state index in [-0.39, 0.29) is 22.9 Å². The molecule has 124 valence electrons. The molecular weight excluding hydrogens is 308 g/mol. The maximum Gasteiger partial charge on any atom is 0.357 e. The predicted octanol–water partition coefficient (Wildman–Crippen LogP) is 1.78. The largest absolute Gasteiger partial charge is 0.464 e. The number of carbonyl (C=O) groups is 2. The molecule has 0 radical (unpaired) electrons. The number of benzene rings is 1. The van der Waals surface area contributed by atoms with Gasteiger partial charge in [0.25, 0.3) is 5.91 Å². The van der Waals surface area contributed by atoms with Crippen molar-refractivity contribution in [1.82, 2.24) is 9.88 Å². The summed E-state index contributed by atoms with van der Waals surface area (Å²) in [5.41, 5.74) is 8.12. The van der Waals surface area contributed by atoms with Crippen molar-refractivity contribution >= 4 is 17.6 Å². The highest BCUT2D eigenvalue weighted by Gasteiger charge is 2.22. The fraction of sp³-hybridized carbons (Fsp3) is 0.235. The van der Waals surface area contributed by atoms with E-state index in [1.807, 2.05) is 13.0 Å². The molecule has 0 aliphatic rings. The van der Waals surface area contributed by atoms with Crippen LogP contribution >= 0.6 is 0 Å². The fourth-order valence-corrected chi connectivity index (χ4v) is 2.43. The van der Waals surface area contributed by atoms with Crippen molar-refractivity contribution in [3.05, 3.63) is 46.8 Å². The van der Waals surface area contributed by atoms with E-state index in [1.54, 1.807) is 25.1 Å². The molecule has 0 unspecified atom stereocenters. The molecular formula is C17H18N4O3. The zero-order valence-electron chi connectivity index (χ0n) is 13.7. The average Bonchev–Trinajstić information content (AvgIpc) is 2.90. The maximum atomic E-state index is 12.0. The van der Waals surface area contributed by atoms with Gasteiger partial charge >= 0.3 is 5.97 Å². The van der Waals surface area contributed by atoms with Gasteiger partial charge in [0.2, 0.25) is 0 Å². The summed E-state index contributed by atoms with van der Waals surface area (Å²) in [6.07, 6.45) is 1.48. The number of nitrogens with one attached hydrogen (secondary N) is 1. The van der Waals surface area contributed by atoms with Crippen LogP contribution in [0.3, 0.4) is 0 Å². The lowest BCUT2D eigenvalue weighted by Gasteiger charge is -2.12. The van der Waals surface area contributed by atoms with Gasteiger partial charge in [-0.05, 0) is 37.6 Å². The normalized spacial score (nSPS) is 10.1. The smallest absolute Gasteiger partial charge is 0.357 e. The molecule has 0 saturated heterocycles. The molecule has 1 aromatic heterocycles. The Morgan fingerprint density at radius 2 is 2.12 bits per heavy atom. The number of nitrogen functional groups attached to an aromatic ring is 1. The summed E-state index contributed by atoms with van der Waals surface area (Å²) < 4.78 is 6.27. The van der Waals surface area contributed by atoms with Crippen LogP contribution in [0.2, 0.25) is 0 Å². The second-order valence-corrected chi connectivity index (χ2v) is 5.14. The third-order valence-electron chi connectivity index (χ3n) is 3.60. The highest BCUT2D eigenvalue weighted by Crippen LogP contribution is 2.26. The number of hydrogen-bond acceptors (Lipinski definition) is 5. The summed E-state index contributed by atoms with van der Waals surface area (Å²) in [7, 11) is 1.25. The van der Waals surface area contributed by atoms with Gasteiger partial charge in [-0.3, -0.25) is 4.79 Å². The molecule has 2 aromatic rings. The van der Waals surface area contributed by atoms with Crippen molar-refractivity contribution in [3.8, 4) is 11.8 Å². The van der Waals surface area contributed by atoms with Crippen molar-refractivity contribution in [2.45, 2.75) is 13.8 Å². The quantitative estimate of drug-likeness (QED) is 0.832. The van der Waals surface area contributed by atoms with E-state index >= 15 is 0 Å². The minimum absolute atomic E-state index is 0.0663. The predicted molar refractivity (Wildman–Crippen MR) is 89.0 cm³/mol. The summed E-state index contributed by atoms with van der Waals surface area (Å²) >= 11 is 0. The molecule has 7 heteroatoms. The number of nitrogens with zero attached hydrogens (tertiary/aromatic N) is 2. The van der Waals surface area contributed by atoms with E-state index in [4.69, 9.17) is 15.7 Å². The maximum absolute atomic E-state index is 12.0. The molecule has 0 bridgehead atoms. The number of nitrogens with two attached hydrogens (primary N) is 1. The molecule has 0 aliphatic heterocycles. The van der Waals surface area contributed by atoms with Crippen molar-refractivity contribution < 1.29 is 14.3 Å². The monoisotopic (exact) mass is 326 g/mol. The third-order valence-corrected chi connectivity index (χ3v) is 3.60. The number of amides is 1. The minimum atomic E-state index is -0.638. The van der Waals surface area contributed by atoms with E-state index < -0.39 is 5.97 Å². The summed E-state index contributed by atoms with van der Waals surface area (Å²) in [4.78, 5) is 23.9. The van der Waals surface area contributed by atoms with E-state index in [9.17, 15) is 9.59 Å². The molecule has 3 N–H and O–H groups in total. The molecule has 24 heavy (non-hydrogen) atoms. The Balaban J connectivity index is 2.59. The lowest BCUT2D eigenvalue weighted by atomic mass is 10.1. The van der Waals surface area contributed by atoms with Crippen LogP contribution in [-0.2, 0) is 4.74 Å². The highest BCUT2D eigenvalue weighted by atomic mass is 16.5. The van der Waals surface area contributed by atoms with Crippen molar-refractivity contribution in [1.29, 1.82) is 5.26 Å². The first kappa shape index (κ1) is 17.1. The molecule has 1 aromatic carbocycles. The van der Waals surface area contributed by atoms with Gasteiger partial charge in [-0.1, -0.05) is 0 Å². The van der Waals surface area contributed by atoms with E-state index in [0.717, 1.165) is 5.56 Å². The number of anilines is 1. The van der Waals surface area contributed by atoms with Crippen LogP contribution in [0, 0.1) is 18.3 Å². The lowest BCUT2D eigenvalue weighted by Crippen LogP contribution is -2.22. The Labute approximate surface area is 139 Å². The molecule has 2 rings (SSSR count). The second kappa shape index (κ2) is 6.87. The van der Waals surface area contributed by atoms with Crippen LogP contribution in [0.25, 0.3) is 5.69 Å². The SMILES string of the molecule is CCNC(=O)c1ccc(-n2cc(C#N)c(N)c2C(=O)OC)c(C)c1. The molecule has 7 nitrogen and oxygen atoms in total. The number of rotatable bonds is 4. The van der Waals surface area contributed by atoms with Gasteiger partial charge in [0.05, 0.1) is 18.4 Å². The zero-order valence-corrected chi connectivity index (χ0v) is 13.7. The van der Waals surface area contributed by atoms with E-state index in [0.29, 0.717) is 17.8 Å². The molecule has 1 heterocycles. The number of carbonyl (C=O) groups excluding carboxylic acids is 2. The van der Waals surface area contributed by atoms with Gasteiger partial charge in [-0.25, -0.2) is 4.79 Å². The topological polar surface area (TPSA) is 110 Å². The highest BCUT2D eigenvalue weighted by molar-refractivity contribution is 5.97. The van der Waals surface area contributed by atoms with Gasteiger partial charge in [0, 0.05) is 24.0 Å². The number of nitriles is 1. The van der Waals surface area contributed by atoms with Crippen LogP contribution in [0.1, 0.15) is 38.9 Å². The molecule has 0 fully saturated rings. The fourth-order valence-electron chi connectivity index (χ4n) is 2.43. The first-order chi connectivity index (χ1) is 11.4. The number of aryl methyl sites for hydroxylation is 1. The third kappa shape index (κ3) is 2.94. The number of ether oxygens (including phenoxy) is 1.